The summed E-state index contributed by atoms with van der Waals surface area (Å²) in [5, 5.41) is 0. The highest BCUT2D eigenvalue weighted by molar-refractivity contribution is 5.77. The van der Waals surface area contributed by atoms with Crippen LogP contribution in [0.2, 0.25) is 0 Å². The van der Waals surface area contributed by atoms with Crippen LogP contribution in [0.1, 0.15) is 47.0 Å². The third-order valence-electron chi connectivity index (χ3n) is 2.63. The Balaban J connectivity index is 4.70. The summed E-state index contributed by atoms with van der Waals surface area (Å²) in [6.07, 6.45) is 2.60. The van der Waals surface area contributed by atoms with Gasteiger partial charge in [-0.3, -0.25) is 4.79 Å². The summed E-state index contributed by atoms with van der Waals surface area (Å²) in [5.41, 5.74) is 5.31. The lowest BCUT2D eigenvalue weighted by atomic mass is 9.76. The first-order chi connectivity index (χ1) is 7.02. The maximum absolute atomic E-state index is 11.9. The van der Waals surface area contributed by atoms with Gasteiger partial charge in [0.2, 0.25) is 0 Å². The summed E-state index contributed by atoms with van der Waals surface area (Å²) < 4.78 is 5.13. The van der Waals surface area contributed by atoms with E-state index < -0.39 is 5.41 Å². The first kappa shape index (κ1) is 14.4. The van der Waals surface area contributed by atoms with Crippen molar-refractivity contribution in [1.29, 1.82) is 0 Å². The minimum atomic E-state index is -0.459. The van der Waals surface area contributed by atoms with Gasteiger partial charge in [-0.2, -0.15) is 0 Å². The monoisotopic (exact) mass is 215 g/mol. The molecule has 0 fully saturated rings. The second-order valence-electron chi connectivity index (χ2n) is 4.55. The van der Waals surface area contributed by atoms with Crippen LogP contribution in [-0.4, -0.2) is 19.1 Å². The van der Waals surface area contributed by atoms with Crippen LogP contribution < -0.4 is 5.73 Å². The molecule has 0 rings (SSSR count). The molecule has 3 nitrogen and oxygen atoms in total. The highest BCUT2D eigenvalue weighted by Crippen LogP contribution is 2.32. The molecule has 0 saturated carbocycles. The van der Waals surface area contributed by atoms with E-state index in [4.69, 9.17) is 10.5 Å². The third-order valence-corrected chi connectivity index (χ3v) is 2.63. The van der Waals surface area contributed by atoms with Gasteiger partial charge < -0.3 is 10.5 Å². The van der Waals surface area contributed by atoms with Crippen LogP contribution in [0.4, 0.5) is 0 Å². The molecule has 0 heterocycles. The SMILES string of the molecule is CCCC(CN)(CC(C)C)C(=O)OCC. The van der Waals surface area contributed by atoms with E-state index >= 15 is 0 Å². The van der Waals surface area contributed by atoms with Gasteiger partial charge >= 0.3 is 5.97 Å². The van der Waals surface area contributed by atoms with Crippen molar-refractivity contribution < 1.29 is 9.53 Å². The molecular weight excluding hydrogens is 190 g/mol. The maximum Gasteiger partial charge on any atom is 0.313 e. The second kappa shape index (κ2) is 6.83. The standard InChI is InChI=1S/C12H25NO2/c1-5-7-12(9-13,8-10(3)4)11(14)15-6-2/h10H,5-9,13H2,1-4H3. The Morgan fingerprint density at radius 2 is 2.00 bits per heavy atom. The van der Waals surface area contributed by atoms with E-state index in [1.54, 1.807) is 0 Å². The van der Waals surface area contributed by atoms with Crippen LogP contribution in [0.25, 0.3) is 0 Å². The quantitative estimate of drug-likeness (QED) is 0.663. The summed E-state index contributed by atoms with van der Waals surface area (Å²) >= 11 is 0. The molecule has 1 atom stereocenters. The first-order valence-corrected chi connectivity index (χ1v) is 5.89. The molecule has 15 heavy (non-hydrogen) atoms. The van der Waals surface area contributed by atoms with E-state index in [1.165, 1.54) is 0 Å². The van der Waals surface area contributed by atoms with Crippen molar-refractivity contribution in [2.45, 2.75) is 47.0 Å². The van der Waals surface area contributed by atoms with Gasteiger partial charge in [0, 0.05) is 6.54 Å². The first-order valence-electron chi connectivity index (χ1n) is 5.89. The van der Waals surface area contributed by atoms with Crippen LogP contribution in [0.3, 0.4) is 0 Å². The summed E-state index contributed by atoms with van der Waals surface area (Å²) in [6, 6.07) is 0. The minimum absolute atomic E-state index is 0.122. The van der Waals surface area contributed by atoms with Crippen molar-refractivity contribution in [3.8, 4) is 0 Å². The van der Waals surface area contributed by atoms with Crippen LogP contribution in [0, 0.1) is 11.3 Å². The van der Waals surface area contributed by atoms with Crippen molar-refractivity contribution >= 4 is 5.97 Å². The Morgan fingerprint density at radius 3 is 2.33 bits per heavy atom. The van der Waals surface area contributed by atoms with Crippen LogP contribution >= 0.6 is 0 Å². The van der Waals surface area contributed by atoms with Gasteiger partial charge in [0.25, 0.3) is 0 Å². The molecule has 0 aliphatic heterocycles. The maximum atomic E-state index is 11.9. The number of carbonyl (C=O) groups is 1. The van der Waals surface area contributed by atoms with Gasteiger partial charge in [0.05, 0.1) is 12.0 Å². The molecule has 0 bridgehead atoms. The molecule has 0 saturated heterocycles. The number of hydrogen-bond donors (Lipinski definition) is 1. The summed E-state index contributed by atoms with van der Waals surface area (Å²) in [5.74, 6) is 0.340. The smallest absolute Gasteiger partial charge is 0.313 e. The molecule has 2 N–H and O–H groups in total. The molecule has 0 aromatic rings. The zero-order chi connectivity index (χ0) is 11.9. The largest absolute Gasteiger partial charge is 0.466 e. The normalized spacial score (nSPS) is 15.1. The lowest BCUT2D eigenvalue weighted by molar-refractivity contribution is -0.156. The van der Waals surface area contributed by atoms with E-state index in [-0.39, 0.29) is 5.97 Å². The van der Waals surface area contributed by atoms with Crippen LogP contribution in [0.15, 0.2) is 0 Å². The molecule has 1 unspecified atom stereocenters. The number of nitrogens with two attached hydrogens (primary N) is 1. The Labute approximate surface area is 93.4 Å². The van der Waals surface area contributed by atoms with Gasteiger partial charge in [-0.1, -0.05) is 27.2 Å². The molecule has 0 aromatic carbocycles. The topological polar surface area (TPSA) is 52.3 Å². The molecule has 90 valence electrons. The van der Waals surface area contributed by atoms with E-state index in [1.807, 2.05) is 6.92 Å². The fourth-order valence-corrected chi connectivity index (χ4v) is 2.10. The van der Waals surface area contributed by atoms with E-state index in [0.717, 1.165) is 19.3 Å². The van der Waals surface area contributed by atoms with E-state index in [0.29, 0.717) is 19.1 Å². The number of carbonyl (C=O) groups excluding carboxylic acids is 1. The highest BCUT2D eigenvalue weighted by Gasteiger charge is 2.38. The summed E-state index contributed by atoms with van der Waals surface area (Å²) in [6.45, 7) is 8.95. The predicted molar refractivity (Wildman–Crippen MR) is 62.5 cm³/mol. The molecule has 0 amide bonds. The number of esters is 1. The van der Waals surface area contributed by atoms with Gasteiger partial charge in [0.1, 0.15) is 0 Å². The summed E-state index contributed by atoms with van der Waals surface area (Å²) in [4.78, 5) is 11.9. The predicted octanol–water partition coefficient (Wildman–Crippen LogP) is 2.34. The van der Waals surface area contributed by atoms with Gasteiger partial charge in [-0.25, -0.2) is 0 Å². The molecule has 3 heteroatoms. The van der Waals surface area contributed by atoms with Crippen molar-refractivity contribution in [3.05, 3.63) is 0 Å². The van der Waals surface area contributed by atoms with Crippen molar-refractivity contribution in [2.75, 3.05) is 13.2 Å². The van der Waals surface area contributed by atoms with Crippen molar-refractivity contribution in [1.82, 2.24) is 0 Å². The van der Waals surface area contributed by atoms with Gasteiger partial charge in [0.15, 0.2) is 0 Å². The zero-order valence-corrected chi connectivity index (χ0v) is 10.5. The van der Waals surface area contributed by atoms with Crippen LogP contribution in [-0.2, 0) is 9.53 Å². The second-order valence-corrected chi connectivity index (χ2v) is 4.55. The Morgan fingerprint density at radius 1 is 1.40 bits per heavy atom. The lowest BCUT2D eigenvalue weighted by Gasteiger charge is -2.31. The fourth-order valence-electron chi connectivity index (χ4n) is 2.10. The van der Waals surface area contributed by atoms with Crippen molar-refractivity contribution in [3.63, 3.8) is 0 Å². The molecule has 0 radical (unpaired) electrons. The Bertz CT molecular complexity index is 192. The Hall–Kier alpha value is -0.570. The fraction of sp³-hybridized carbons (Fsp3) is 0.917. The molecular formula is C12H25NO2. The molecule has 0 aliphatic rings. The lowest BCUT2D eigenvalue weighted by Crippen LogP contribution is -2.41. The average molecular weight is 215 g/mol. The average Bonchev–Trinajstić information content (AvgIpc) is 2.16. The number of rotatable bonds is 7. The van der Waals surface area contributed by atoms with E-state index in [9.17, 15) is 4.79 Å². The third kappa shape index (κ3) is 4.20. The minimum Gasteiger partial charge on any atom is -0.466 e. The Kier molecular flexibility index (Phi) is 6.57. The van der Waals surface area contributed by atoms with Crippen molar-refractivity contribution in [2.24, 2.45) is 17.1 Å². The van der Waals surface area contributed by atoms with Crippen LogP contribution in [0.5, 0.6) is 0 Å². The summed E-state index contributed by atoms with van der Waals surface area (Å²) in [7, 11) is 0. The van der Waals surface area contributed by atoms with Gasteiger partial charge in [-0.15, -0.1) is 0 Å². The van der Waals surface area contributed by atoms with E-state index in [2.05, 4.69) is 20.8 Å². The molecule has 0 aromatic heterocycles. The molecule has 0 aliphatic carbocycles. The highest BCUT2D eigenvalue weighted by atomic mass is 16.5. The molecule has 0 spiro atoms. The zero-order valence-electron chi connectivity index (χ0n) is 10.5. The van der Waals surface area contributed by atoms with Gasteiger partial charge in [-0.05, 0) is 25.7 Å². The number of ether oxygens (including phenoxy) is 1. The number of hydrogen-bond acceptors (Lipinski definition) is 3.